The predicted molar refractivity (Wildman–Crippen MR) is 86.0 cm³/mol. The number of imide groups is 1. The maximum absolute atomic E-state index is 12.6. The number of benzene rings is 2. The minimum atomic E-state index is -0.674. The van der Waals surface area contributed by atoms with Crippen LogP contribution in [0, 0.1) is 11.3 Å². The van der Waals surface area contributed by atoms with Crippen LogP contribution < -0.4 is 10.1 Å². The van der Waals surface area contributed by atoms with E-state index in [1.54, 1.807) is 30.3 Å². The summed E-state index contributed by atoms with van der Waals surface area (Å²) in [5, 5.41) is 11.8. The molecule has 0 bridgehead atoms. The number of rotatable bonds is 4. The Kier molecular flexibility index (Phi) is 4.17. The number of carbonyl (C=O) groups is 2. The fourth-order valence-electron chi connectivity index (χ4n) is 2.66. The molecule has 2 aromatic carbocycles. The van der Waals surface area contributed by atoms with E-state index in [4.69, 9.17) is 10.00 Å². The number of carbonyl (C=O) groups excluding carboxylic acids is 2. The Morgan fingerprint density at radius 3 is 2.62 bits per heavy atom. The Balaban J connectivity index is 1.82. The van der Waals surface area contributed by atoms with E-state index in [1.165, 1.54) is 7.11 Å². The fourth-order valence-corrected chi connectivity index (χ4v) is 2.66. The number of nitrogens with zero attached hydrogens (tertiary/aromatic N) is 2. The van der Waals surface area contributed by atoms with Gasteiger partial charge in [0.25, 0.3) is 5.91 Å². The van der Waals surface area contributed by atoms with E-state index in [9.17, 15) is 9.59 Å². The quantitative estimate of drug-likeness (QED) is 0.876. The van der Waals surface area contributed by atoms with Gasteiger partial charge in [-0.15, -0.1) is 0 Å². The van der Waals surface area contributed by atoms with Gasteiger partial charge in [0.1, 0.15) is 17.9 Å². The summed E-state index contributed by atoms with van der Waals surface area (Å²) in [6.45, 7) is 0.104. The van der Waals surface area contributed by atoms with E-state index in [0.29, 0.717) is 16.9 Å². The molecule has 0 aromatic heterocycles. The number of urea groups is 1. The van der Waals surface area contributed by atoms with E-state index in [-0.39, 0.29) is 12.5 Å². The molecule has 3 rings (SSSR count). The minimum Gasteiger partial charge on any atom is -0.495 e. The van der Waals surface area contributed by atoms with Gasteiger partial charge >= 0.3 is 6.03 Å². The molecule has 1 fully saturated rings. The molecule has 6 nitrogen and oxygen atoms in total. The van der Waals surface area contributed by atoms with Crippen molar-refractivity contribution in [3.05, 3.63) is 65.2 Å². The predicted octanol–water partition coefficient (Wildman–Crippen LogP) is 2.36. The third-order valence-electron chi connectivity index (χ3n) is 3.88. The molecule has 0 saturated carbocycles. The van der Waals surface area contributed by atoms with Gasteiger partial charge in [-0.3, -0.25) is 9.69 Å². The van der Waals surface area contributed by atoms with Gasteiger partial charge in [-0.1, -0.05) is 36.4 Å². The third-order valence-corrected chi connectivity index (χ3v) is 3.88. The summed E-state index contributed by atoms with van der Waals surface area (Å²) in [4.78, 5) is 25.9. The van der Waals surface area contributed by atoms with Crippen LogP contribution in [0.4, 0.5) is 4.79 Å². The highest BCUT2D eigenvalue weighted by atomic mass is 16.5. The second-order valence-electron chi connectivity index (χ2n) is 5.36. The highest BCUT2D eigenvalue weighted by Crippen LogP contribution is 2.25. The first-order valence-corrected chi connectivity index (χ1v) is 7.38. The molecule has 1 N–H and O–H groups in total. The van der Waals surface area contributed by atoms with Crippen molar-refractivity contribution in [1.29, 1.82) is 5.26 Å². The molecule has 0 unspecified atom stereocenters. The molecule has 3 amide bonds. The molecule has 1 aliphatic heterocycles. The van der Waals surface area contributed by atoms with Gasteiger partial charge in [0.15, 0.2) is 0 Å². The molecule has 1 heterocycles. The zero-order valence-corrected chi connectivity index (χ0v) is 13.0. The monoisotopic (exact) mass is 321 g/mol. The summed E-state index contributed by atoms with van der Waals surface area (Å²) in [7, 11) is 1.48. The van der Waals surface area contributed by atoms with Crippen LogP contribution in [0.5, 0.6) is 5.75 Å². The van der Waals surface area contributed by atoms with E-state index in [1.807, 2.05) is 24.3 Å². The first kappa shape index (κ1) is 15.6. The van der Waals surface area contributed by atoms with Gasteiger partial charge in [-0.2, -0.15) is 5.26 Å². The molecular formula is C18H15N3O3. The Morgan fingerprint density at radius 1 is 1.21 bits per heavy atom. The van der Waals surface area contributed by atoms with Crippen LogP contribution in [-0.2, 0) is 11.3 Å². The lowest BCUT2D eigenvalue weighted by Crippen LogP contribution is -2.30. The molecule has 0 radical (unpaired) electrons. The van der Waals surface area contributed by atoms with E-state index in [0.717, 1.165) is 10.5 Å². The number of nitriles is 1. The van der Waals surface area contributed by atoms with Gasteiger partial charge in [0, 0.05) is 0 Å². The van der Waals surface area contributed by atoms with Crippen LogP contribution in [0.25, 0.3) is 0 Å². The highest BCUT2D eigenvalue weighted by molar-refractivity contribution is 6.04. The molecule has 120 valence electrons. The maximum Gasteiger partial charge on any atom is 0.325 e. The van der Waals surface area contributed by atoms with E-state index >= 15 is 0 Å². The van der Waals surface area contributed by atoms with Crippen molar-refractivity contribution in [1.82, 2.24) is 10.2 Å². The Bertz CT molecular complexity index is 827. The lowest BCUT2D eigenvalue weighted by Gasteiger charge is -2.14. The molecule has 0 aliphatic carbocycles. The lowest BCUT2D eigenvalue weighted by molar-refractivity contribution is -0.128. The molecular weight excluding hydrogens is 306 g/mol. The normalized spacial score (nSPS) is 16.7. The number of ether oxygens (including phenoxy) is 1. The minimum absolute atomic E-state index is 0.104. The number of hydrogen-bond acceptors (Lipinski definition) is 4. The fraction of sp³-hybridized carbons (Fsp3) is 0.167. The van der Waals surface area contributed by atoms with Crippen molar-refractivity contribution in [2.75, 3.05) is 7.11 Å². The van der Waals surface area contributed by atoms with Gasteiger partial charge in [-0.25, -0.2) is 4.79 Å². The maximum atomic E-state index is 12.6. The smallest absolute Gasteiger partial charge is 0.325 e. The standard InChI is InChI=1S/C18H15N3O3/c1-24-15-8-7-12(9-14(15)10-19)11-21-17(22)16(20-18(21)23)13-5-3-2-4-6-13/h2-9,16H,11H2,1H3,(H,20,23)/t16-/m1/s1. The van der Waals surface area contributed by atoms with E-state index < -0.39 is 12.1 Å². The second kappa shape index (κ2) is 6.42. The summed E-state index contributed by atoms with van der Waals surface area (Å²) >= 11 is 0. The average Bonchev–Trinajstić information content (AvgIpc) is 2.90. The SMILES string of the molecule is COc1ccc(CN2C(=O)N[C@H](c3ccccc3)C2=O)cc1C#N. The Morgan fingerprint density at radius 2 is 1.96 bits per heavy atom. The van der Waals surface area contributed by atoms with E-state index in [2.05, 4.69) is 5.32 Å². The second-order valence-corrected chi connectivity index (χ2v) is 5.36. The van der Waals surface area contributed by atoms with Crippen LogP contribution in [0.3, 0.4) is 0 Å². The van der Waals surface area contributed by atoms with Gasteiger partial charge < -0.3 is 10.1 Å². The molecule has 1 saturated heterocycles. The first-order valence-electron chi connectivity index (χ1n) is 7.38. The van der Waals surface area contributed by atoms with Crippen molar-refractivity contribution in [3.63, 3.8) is 0 Å². The van der Waals surface area contributed by atoms with Crippen LogP contribution in [0.2, 0.25) is 0 Å². The molecule has 24 heavy (non-hydrogen) atoms. The lowest BCUT2D eigenvalue weighted by atomic mass is 10.1. The number of methoxy groups -OCH3 is 1. The van der Waals surface area contributed by atoms with Crippen LogP contribution in [-0.4, -0.2) is 23.9 Å². The molecule has 0 spiro atoms. The van der Waals surface area contributed by atoms with Gasteiger partial charge in [0.2, 0.25) is 0 Å². The van der Waals surface area contributed by atoms with Gasteiger partial charge in [-0.05, 0) is 23.3 Å². The van der Waals surface area contributed by atoms with Crippen LogP contribution >= 0.6 is 0 Å². The zero-order chi connectivity index (χ0) is 17.1. The highest BCUT2D eigenvalue weighted by Gasteiger charge is 2.38. The summed E-state index contributed by atoms with van der Waals surface area (Å²) in [5.74, 6) is 0.154. The number of hydrogen-bond donors (Lipinski definition) is 1. The third kappa shape index (κ3) is 2.79. The average molecular weight is 321 g/mol. The summed E-state index contributed by atoms with van der Waals surface area (Å²) in [5.41, 5.74) is 1.79. The molecule has 1 atom stereocenters. The number of amides is 3. The Labute approximate surface area is 139 Å². The van der Waals surface area contributed by atoms with Crippen molar-refractivity contribution < 1.29 is 14.3 Å². The van der Waals surface area contributed by atoms with Crippen molar-refractivity contribution in [3.8, 4) is 11.8 Å². The van der Waals surface area contributed by atoms with Gasteiger partial charge in [0.05, 0.1) is 19.2 Å². The first-order chi connectivity index (χ1) is 11.6. The topological polar surface area (TPSA) is 82.4 Å². The molecule has 1 aliphatic rings. The molecule has 6 heteroatoms. The van der Waals surface area contributed by atoms with Crippen molar-refractivity contribution in [2.45, 2.75) is 12.6 Å². The Hall–Kier alpha value is -3.33. The molecule has 2 aromatic rings. The van der Waals surface area contributed by atoms with Crippen LogP contribution in [0.15, 0.2) is 48.5 Å². The largest absolute Gasteiger partial charge is 0.495 e. The van der Waals surface area contributed by atoms with Crippen molar-refractivity contribution in [2.24, 2.45) is 0 Å². The van der Waals surface area contributed by atoms with Crippen molar-refractivity contribution >= 4 is 11.9 Å². The summed E-state index contributed by atoms with van der Waals surface area (Å²) < 4.78 is 5.10. The summed E-state index contributed by atoms with van der Waals surface area (Å²) in [6.07, 6.45) is 0. The van der Waals surface area contributed by atoms with Crippen LogP contribution in [0.1, 0.15) is 22.7 Å². The number of nitrogens with one attached hydrogen (secondary N) is 1. The zero-order valence-electron chi connectivity index (χ0n) is 13.0. The summed E-state index contributed by atoms with van der Waals surface area (Å²) in [6, 6.07) is 15.0.